The quantitative estimate of drug-likeness (QED) is 0.316. The smallest absolute Gasteiger partial charge is 0.395 e. The number of ether oxygens (including phenoxy) is 4. The highest BCUT2D eigenvalue weighted by Gasteiger charge is 2.45. The third-order valence-electron chi connectivity index (χ3n) is 5.61. The number of nitrogens with zero attached hydrogens (tertiary/aromatic N) is 3. The van der Waals surface area contributed by atoms with Gasteiger partial charge in [0.15, 0.2) is 23.0 Å². The van der Waals surface area contributed by atoms with Gasteiger partial charge in [0, 0.05) is 54.0 Å². The van der Waals surface area contributed by atoms with Gasteiger partial charge in [0.25, 0.3) is 0 Å². The van der Waals surface area contributed by atoms with Crippen LogP contribution in [-0.2, 0) is 0 Å². The molecule has 2 aliphatic heterocycles. The zero-order valence-corrected chi connectivity index (χ0v) is 19.7. The van der Waals surface area contributed by atoms with Crippen molar-refractivity contribution in [3.05, 3.63) is 72.3 Å². The maximum atomic E-state index is 13.2. The van der Waals surface area contributed by atoms with Crippen LogP contribution in [0.3, 0.4) is 0 Å². The maximum Gasteiger partial charge on any atom is 0.586 e. The van der Waals surface area contributed by atoms with Crippen molar-refractivity contribution in [1.82, 2.24) is 9.55 Å². The summed E-state index contributed by atoms with van der Waals surface area (Å²) < 4.78 is 71.3. The topological polar surface area (TPSA) is 122 Å². The van der Waals surface area contributed by atoms with E-state index in [4.69, 9.17) is 10.5 Å². The Morgan fingerprint density at radius 2 is 1.31 bits per heavy atom. The van der Waals surface area contributed by atoms with Gasteiger partial charge in [-0.1, -0.05) is 24.3 Å². The molecule has 0 fully saturated rings. The Bertz CT molecular complexity index is 1700. The molecule has 6 rings (SSSR count). The zero-order chi connectivity index (χ0) is 27.9. The highest BCUT2D eigenvalue weighted by Crippen LogP contribution is 2.48. The summed E-state index contributed by atoms with van der Waals surface area (Å²) in [5, 5.41) is 18.1. The number of aromatic amines is 1. The third-order valence-corrected chi connectivity index (χ3v) is 5.61. The van der Waals surface area contributed by atoms with Gasteiger partial charge in [-0.05, 0) is 12.1 Å². The molecule has 0 atom stereocenters. The number of benzene rings is 2. The lowest BCUT2D eigenvalue weighted by Crippen LogP contribution is -2.26. The molecule has 4 heterocycles. The van der Waals surface area contributed by atoms with Crippen molar-refractivity contribution < 1.29 is 41.3 Å². The fourth-order valence-electron chi connectivity index (χ4n) is 3.98. The number of halogens is 4. The van der Waals surface area contributed by atoms with Crippen LogP contribution >= 0.6 is 0 Å². The molecular formula is C26H14F4N4O5. The van der Waals surface area contributed by atoms with Crippen molar-refractivity contribution in [1.29, 1.82) is 10.5 Å². The Kier molecular flexibility index (Phi) is 5.92. The second-order valence-electron chi connectivity index (χ2n) is 8.12. The van der Waals surface area contributed by atoms with Gasteiger partial charge in [-0.3, -0.25) is 9.36 Å². The molecule has 0 spiro atoms. The van der Waals surface area contributed by atoms with Crippen LogP contribution in [0.15, 0.2) is 61.2 Å². The number of hydrogen-bond donors (Lipinski definition) is 1. The fraction of sp³-hybridized carbons (Fsp3) is 0.115. The third kappa shape index (κ3) is 4.69. The van der Waals surface area contributed by atoms with E-state index in [0.717, 1.165) is 0 Å². The van der Waals surface area contributed by atoms with Crippen LogP contribution in [0.4, 0.5) is 17.6 Å². The summed E-state index contributed by atoms with van der Waals surface area (Å²) in [4.78, 5) is 14.1. The minimum absolute atomic E-state index is 0.0393. The van der Waals surface area contributed by atoms with Crippen LogP contribution < -0.4 is 18.9 Å². The first-order valence-electron chi connectivity index (χ1n) is 11.0. The number of H-pyrrole nitrogens is 1. The summed E-state index contributed by atoms with van der Waals surface area (Å²) >= 11 is 0. The van der Waals surface area contributed by atoms with Crippen molar-refractivity contribution in [2.45, 2.75) is 19.5 Å². The van der Waals surface area contributed by atoms with E-state index in [1.165, 1.54) is 54.3 Å². The normalized spacial score (nSPS) is 15.1. The molecule has 13 heteroatoms. The Morgan fingerprint density at radius 1 is 0.769 bits per heavy atom. The lowest BCUT2D eigenvalue weighted by Gasteiger charge is -2.06. The predicted molar refractivity (Wildman–Crippen MR) is 124 cm³/mol. The molecule has 0 radical (unpaired) electrons. The van der Waals surface area contributed by atoms with E-state index in [9.17, 15) is 22.4 Å². The lowest BCUT2D eigenvalue weighted by atomic mass is 10.0. The molecule has 0 saturated heterocycles. The summed E-state index contributed by atoms with van der Waals surface area (Å²) in [6, 6.07) is 12.8. The first-order chi connectivity index (χ1) is 18.5. The summed E-state index contributed by atoms with van der Waals surface area (Å²) in [7, 11) is 0. The van der Waals surface area contributed by atoms with Crippen LogP contribution in [0.2, 0.25) is 0 Å². The highest BCUT2D eigenvalue weighted by molar-refractivity contribution is 5.84. The van der Waals surface area contributed by atoms with Crippen molar-refractivity contribution in [2.24, 2.45) is 0 Å². The first kappa shape index (κ1) is 25.2. The van der Waals surface area contributed by atoms with E-state index in [-0.39, 0.29) is 40.0 Å². The highest BCUT2D eigenvalue weighted by atomic mass is 19.3. The number of fused-ring (bicyclic) bond motifs is 2. The molecule has 196 valence electrons. The number of nitriles is 2. The second-order valence-corrected chi connectivity index (χ2v) is 8.12. The molecule has 2 aromatic heterocycles. The molecule has 9 nitrogen and oxygen atoms in total. The number of carbonyl (C=O) groups excluding carboxylic acids is 1. The molecule has 0 amide bonds. The molecule has 1 N–H and O–H groups in total. The lowest BCUT2D eigenvalue weighted by molar-refractivity contribution is -0.287. The summed E-state index contributed by atoms with van der Waals surface area (Å²) in [6.45, 7) is 1.33. The Balaban J connectivity index is 0.000000160. The monoisotopic (exact) mass is 538 g/mol. The minimum Gasteiger partial charge on any atom is -0.395 e. The van der Waals surface area contributed by atoms with E-state index in [2.05, 4.69) is 23.9 Å². The molecule has 0 bridgehead atoms. The zero-order valence-electron chi connectivity index (χ0n) is 19.7. The van der Waals surface area contributed by atoms with Gasteiger partial charge in [-0.2, -0.15) is 10.5 Å². The van der Waals surface area contributed by atoms with Crippen molar-refractivity contribution >= 4 is 5.91 Å². The predicted octanol–water partition coefficient (Wildman–Crippen LogP) is 5.88. The van der Waals surface area contributed by atoms with Gasteiger partial charge in [-0.15, -0.1) is 17.6 Å². The fourth-order valence-corrected chi connectivity index (χ4v) is 3.98. The Hall–Kier alpha value is -5.43. The van der Waals surface area contributed by atoms with Gasteiger partial charge in [0.1, 0.15) is 12.1 Å². The van der Waals surface area contributed by atoms with Crippen LogP contribution in [-0.4, -0.2) is 28.0 Å². The molecule has 39 heavy (non-hydrogen) atoms. The standard InChI is InChI=1S/C14H8F2N2O3.C12H6F2N2O2/c1-8(19)18-6-9(5-17)11(7-18)10-3-2-4-12-13(10)21-14(15,16)20-12;13-12(14)17-10-3-1-2-8(11(10)18-12)9-6-16-5-7(9)4-15/h2-4,6-7H,1H3;1-3,5-6,16H. The van der Waals surface area contributed by atoms with Crippen molar-refractivity contribution in [3.8, 4) is 57.4 Å². The molecule has 0 saturated carbocycles. The van der Waals surface area contributed by atoms with E-state index >= 15 is 0 Å². The van der Waals surface area contributed by atoms with Crippen molar-refractivity contribution in [2.75, 3.05) is 0 Å². The number of para-hydroxylation sites is 2. The Labute approximate surface area is 216 Å². The SMILES string of the molecule is CC(=O)n1cc(C#N)c(-c2cccc3c2OC(F)(F)O3)c1.N#Cc1c[nH]cc1-c1cccc2c1OC(F)(F)O2. The second kappa shape index (κ2) is 9.15. The molecule has 2 aliphatic rings. The van der Waals surface area contributed by atoms with E-state index in [1.54, 1.807) is 18.3 Å². The average molecular weight is 538 g/mol. The number of carbonyl (C=O) groups is 1. The van der Waals surface area contributed by atoms with Crippen LogP contribution in [0.25, 0.3) is 22.3 Å². The molecule has 2 aromatic carbocycles. The molecular weight excluding hydrogens is 524 g/mol. The summed E-state index contributed by atoms with van der Waals surface area (Å²) in [5.74, 6) is -0.661. The average Bonchev–Trinajstić information content (AvgIpc) is 3.64. The van der Waals surface area contributed by atoms with Gasteiger partial charge in [0.2, 0.25) is 5.91 Å². The van der Waals surface area contributed by atoms with E-state index < -0.39 is 12.6 Å². The molecule has 0 aliphatic carbocycles. The van der Waals surface area contributed by atoms with Gasteiger partial charge in [0.05, 0.1) is 11.1 Å². The molecule has 0 unspecified atom stereocenters. The summed E-state index contributed by atoms with van der Waals surface area (Å²) in [6.07, 6.45) is -1.63. The first-order valence-corrected chi connectivity index (χ1v) is 11.0. The van der Waals surface area contributed by atoms with Crippen LogP contribution in [0, 0.1) is 22.7 Å². The van der Waals surface area contributed by atoms with E-state index in [0.29, 0.717) is 22.3 Å². The number of aromatic nitrogens is 2. The van der Waals surface area contributed by atoms with E-state index in [1.807, 2.05) is 12.1 Å². The van der Waals surface area contributed by atoms with Gasteiger partial charge in [-0.25, -0.2) is 0 Å². The number of hydrogen-bond acceptors (Lipinski definition) is 7. The van der Waals surface area contributed by atoms with Crippen molar-refractivity contribution in [3.63, 3.8) is 0 Å². The number of nitrogens with one attached hydrogen (secondary N) is 1. The minimum atomic E-state index is -3.74. The Morgan fingerprint density at radius 3 is 1.82 bits per heavy atom. The number of alkyl halides is 4. The summed E-state index contributed by atoms with van der Waals surface area (Å²) in [5.41, 5.74) is 2.00. The largest absolute Gasteiger partial charge is 0.586 e. The molecule has 4 aromatic rings. The van der Waals surface area contributed by atoms with Gasteiger partial charge < -0.3 is 23.9 Å². The van der Waals surface area contributed by atoms with Crippen LogP contribution in [0.1, 0.15) is 22.8 Å². The number of rotatable bonds is 2. The maximum absolute atomic E-state index is 13.2. The van der Waals surface area contributed by atoms with Crippen LogP contribution in [0.5, 0.6) is 23.0 Å². The van der Waals surface area contributed by atoms with Gasteiger partial charge >= 0.3 is 12.6 Å².